The third-order valence-electron chi connectivity index (χ3n) is 4.59. The first kappa shape index (κ1) is 16.2. The van der Waals surface area contributed by atoms with Crippen molar-refractivity contribution in [2.45, 2.75) is 44.6 Å². The zero-order valence-corrected chi connectivity index (χ0v) is 13.9. The summed E-state index contributed by atoms with van der Waals surface area (Å²) >= 11 is 0. The summed E-state index contributed by atoms with van der Waals surface area (Å²) in [5.41, 5.74) is 1.77. The van der Waals surface area contributed by atoms with Crippen LogP contribution in [0.3, 0.4) is 0 Å². The van der Waals surface area contributed by atoms with E-state index < -0.39 is 6.04 Å². The van der Waals surface area contributed by atoms with Crippen molar-refractivity contribution >= 4 is 5.91 Å². The Morgan fingerprint density at radius 2 is 2.16 bits per heavy atom. The topological polar surface area (TPSA) is 68.2 Å². The maximum Gasteiger partial charge on any atom is 0.241 e. The molecule has 1 unspecified atom stereocenters. The molecule has 0 saturated heterocycles. The number of halogens is 1. The maximum atomic E-state index is 13.2. The number of nitrogens with one attached hydrogen (secondary N) is 2. The fraction of sp³-hybridized carbons (Fsp3) is 0.444. The highest BCUT2D eigenvalue weighted by Crippen LogP contribution is 2.22. The summed E-state index contributed by atoms with van der Waals surface area (Å²) in [6.07, 6.45) is 3.87. The first-order valence-corrected chi connectivity index (χ1v) is 8.61. The number of aromatic nitrogens is 2. The summed E-state index contributed by atoms with van der Waals surface area (Å²) in [5.74, 6) is 0.523. The Morgan fingerprint density at radius 1 is 1.36 bits per heavy atom. The van der Waals surface area contributed by atoms with Gasteiger partial charge in [0.1, 0.15) is 24.3 Å². The Kier molecular flexibility index (Phi) is 4.50. The number of carbonyl (C=O) groups excluding carboxylic acids is 1. The molecule has 1 fully saturated rings. The van der Waals surface area contributed by atoms with Crippen LogP contribution >= 0.6 is 0 Å². The molecule has 6 nitrogen and oxygen atoms in total. The van der Waals surface area contributed by atoms with Gasteiger partial charge in [-0.15, -0.1) is 0 Å². The van der Waals surface area contributed by atoms with E-state index in [9.17, 15) is 9.18 Å². The van der Waals surface area contributed by atoms with Crippen LogP contribution in [-0.4, -0.2) is 28.1 Å². The molecule has 2 aromatic rings. The number of hydrogen-bond acceptors (Lipinski definition) is 4. The fourth-order valence-electron chi connectivity index (χ4n) is 3.04. The van der Waals surface area contributed by atoms with Gasteiger partial charge in [-0.05, 0) is 30.5 Å². The van der Waals surface area contributed by atoms with Crippen LogP contribution in [0.1, 0.15) is 36.0 Å². The minimum Gasteiger partial charge on any atom is -0.372 e. The number of imidazole rings is 1. The van der Waals surface area contributed by atoms with Crippen LogP contribution in [0.15, 0.2) is 30.5 Å². The summed E-state index contributed by atoms with van der Waals surface area (Å²) in [4.78, 5) is 17.0. The molecule has 1 aliphatic heterocycles. The van der Waals surface area contributed by atoms with Gasteiger partial charge in [0.25, 0.3) is 0 Å². The molecule has 1 amide bonds. The first-order valence-electron chi connectivity index (χ1n) is 8.61. The van der Waals surface area contributed by atoms with Crippen molar-refractivity contribution in [2.24, 2.45) is 0 Å². The molecule has 1 aliphatic carbocycles. The highest BCUT2D eigenvalue weighted by molar-refractivity contribution is 5.83. The minimum absolute atomic E-state index is 0.0733. The van der Waals surface area contributed by atoms with E-state index in [-0.39, 0.29) is 17.8 Å². The normalized spacial score (nSPS) is 17.8. The van der Waals surface area contributed by atoms with E-state index in [4.69, 9.17) is 4.74 Å². The summed E-state index contributed by atoms with van der Waals surface area (Å²) in [6.45, 7) is 2.46. The molecule has 132 valence electrons. The van der Waals surface area contributed by atoms with E-state index in [1.54, 1.807) is 12.1 Å². The lowest BCUT2D eigenvalue weighted by molar-refractivity contribution is -0.123. The summed E-state index contributed by atoms with van der Waals surface area (Å²) in [5, 5.41) is 6.33. The second kappa shape index (κ2) is 6.93. The number of nitrogens with zero attached hydrogens (tertiary/aromatic N) is 2. The molecular weight excluding hydrogens is 323 g/mol. The van der Waals surface area contributed by atoms with E-state index in [2.05, 4.69) is 20.2 Å². The van der Waals surface area contributed by atoms with Gasteiger partial charge in [0, 0.05) is 25.3 Å². The van der Waals surface area contributed by atoms with E-state index in [1.165, 1.54) is 12.1 Å². The molecule has 4 rings (SSSR count). The van der Waals surface area contributed by atoms with E-state index in [0.29, 0.717) is 19.8 Å². The molecule has 2 heterocycles. The van der Waals surface area contributed by atoms with Crippen LogP contribution < -0.4 is 10.6 Å². The lowest BCUT2D eigenvalue weighted by Crippen LogP contribution is -2.38. The molecule has 1 atom stereocenters. The van der Waals surface area contributed by atoms with E-state index >= 15 is 0 Å². The number of rotatable bonds is 6. The van der Waals surface area contributed by atoms with Crippen LogP contribution in [0, 0.1) is 5.82 Å². The minimum atomic E-state index is -0.521. The lowest BCUT2D eigenvalue weighted by Gasteiger charge is -2.21. The highest BCUT2D eigenvalue weighted by atomic mass is 19.1. The van der Waals surface area contributed by atoms with Gasteiger partial charge < -0.3 is 14.6 Å². The molecule has 0 spiro atoms. The average Bonchev–Trinajstić information content (AvgIpc) is 3.34. The molecular formula is C18H21FN4O2. The van der Waals surface area contributed by atoms with Crippen LogP contribution in [0.2, 0.25) is 0 Å². The molecule has 2 N–H and O–H groups in total. The summed E-state index contributed by atoms with van der Waals surface area (Å²) < 4.78 is 20.7. The molecule has 2 aliphatic rings. The van der Waals surface area contributed by atoms with Crippen molar-refractivity contribution in [3.05, 3.63) is 53.4 Å². The standard InChI is InChI=1S/C18H21FN4O2/c19-13-3-1-12(2-4-13)17(18(24)22-14-5-6-14)21-10-15-9-20-16-11-25-8-7-23(15)16/h1-4,9,14,17,21H,5-8,10-11H2,(H,22,24). The molecule has 0 radical (unpaired) electrons. The molecule has 25 heavy (non-hydrogen) atoms. The van der Waals surface area contributed by atoms with Gasteiger partial charge >= 0.3 is 0 Å². The number of carbonyl (C=O) groups is 1. The Balaban J connectivity index is 1.50. The maximum absolute atomic E-state index is 13.2. The van der Waals surface area contributed by atoms with E-state index in [0.717, 1.165) is 36.5 Å². The SMILES string of the molecule is O=C(NC1CC1)C(NCc1cnc2n1CCOC2)c1ccc(F)cc1. The summed E-state index contributed by atoms with van der Waals surface area (Å²) in [6, 6.07) is 5.82. The van der Waals surface area contributed by atoms with Crippen molar-refractivity contribution in [3.8, 4) is 0 Å². The zero-order chi connectivity index (χ0) is 17.2. The van der Waals surface area contributed by atoms with Crippen molar-refractivity contribution in [3.63, 3.8) is 0 Å². The van der Waals surface area contributed by atoms with Gasteiger partial charge in [0.15, 0.2) is 0 Å². The van der Waals surface area contributed by atoms with E-state index in [1.807, 2.05) is 6.20 Å². The number of benzene rings is 1. The average molecular weight is 344 g/mol. The predicted octanol–water partition coefficient (Wildman–Crippen LogP) is 1.66. The van der Waals surface area contributed by atoms with Crippen molar-refractivity contribution in [2.75, 3.05) is 6.61 Å². The Morgan fingerprint density at radius 3 is 2.92 bits per heavy atom. The van der Waals surface area contributed by atoms with Gasteiger partial charge in [-0.3, -0.25) is 10.1 Å². The van der Waals surface area contributed by atoms with Crippen molar-refractivity contribution < 1.29 is 13.9 Å². The number of amides is 1. The van der Waals surface area contributed by atoms with Crippen LogP contribution in [-0.2, 0) is 29.2 Å². The fourth-order valence-corrected chi connectivity index (χ4v) is 3.04. The first-order chi connectivity index (χ1) is 12.2. The third-order valence-corrected chi connectivity index (χ3v) is 4.59. The molecule has 7 heteroatoms. The predicted molar refractivity (Wildman–Crippen MR) is 89.0 cm³/mol. The lowest BCUT2D eigenvalue weighted by atomic mass is 10.1. The van der Waals surface area contributed by atoms with Crippen molar-refractivity contribution in [1.29, 1.82) is 0 Å². The second-order valence-corrected chi connectivity index (χ2v) is 6.52. The van der Waals surface area contributed by atoms with Crippen LogP contribution in [0.4, 0.5) is 4.39 Å². The Hall–Kier alpha value is -2.25. The highest BCUT2D eigenvalue weighted by Gasteiger charge is 2.28. The van der Waals surface area contributed by atoms with Crippen molar-refractivity contribution in [1.82, 2.24) is 20.2 Å². The van der Waals surface area contributed by atoms with Crippen LogP contribution in [0.25, 0.3) is 0 Å². The number of fused-ring (bicyclic) bond motifs is 1. The quantitative estimate of drug-likeness (QED) is 0.836. The van der Waals surface area contributed by atoms with Gasteiger partial charge in [0.05, 0.1) is 12.3 Å². The second-order valence-electron chi connectivity index (χ2n) is 6.52. The Bertz CT molecular complexity index is 755. The van der Waals surface area contributed by atoms with Gasteiger partial charge in [-0.1, -0.05) is 12.1 Å². The largest absolute Gasteiger partial charge is 0.372 e. The number of hydrogen-bond donors (Lipinski definition) is 2. The number of ether oxygens (including phenoxy) is 1. The molecule has 1 saturated carbocycles. The summed E-state index contributed by atoms with van der Waals surface area (Å²) in [7, 11) is 0. The van der Waals surface area contributed by atoms with Gasteiger partial charge in [-0.2, -0.15) is 0 Å². The van der Waals surface area contributed by atoms with Crippen LogP contribution in [0.5, 0.6) is 0 Å². The Labute approximate surface area is 145 Å². The molecule has 1 aromatic heterocycles. The van der Waals surface area contributed by atoms with Gasteiger partial charge in [-0.25, -0.2) is 9.37 Å². The van der Waals surface area contributed by atoms with Gasteiger partial charge in [0.2, 0.25) is 5.91 Å². The molecule has 1 aromatic carbocycles. The monoisotopic (exact) mass is 344 g/mol. The third kappa shape index (κ3) is 3.72. The zero-order valence-electron chi connectivity index (χ0n) is 13.9. The molecule has 0 bridgehead atoms. The smallest absolute Gasteiger partial charge is 0.241 e.